The van der Waals surface area contributed by atoms with Crippen LogP contribution in [-0.2, 0) is 16.0 Å². The van der Waals surface area contributed by atoms with E-state index in [9.17, 15) is 9.59 Å². The molecule has 2 aliphatic rings. The Bertz CT molecular complexity index is 852. The van der Waals surface area contributed by atoms with Crippen molar-refractivity contribution >= 4 is 17.5 Å². The van der Waals surface area contributed by atoms with Crippen molar-refractivity contribution in [3.8, 4) is 0 Å². The van der Waals surface area contributed by atoms with Crippen LogP contribution >= 0.6 is 0 Å². The van der Waals surface area contributed by atoms with Gasteiger partial charge in [0.15, 0.2) is 0 Å². The van der Waals surface area contributed by atoms with E-state index in [1.807, 2.05) is 36.4 Å². The van der Waals surface area contributed by atoms with Gasteiger partial charge in [0.2, 0.25) is 11.8 Å². The summed E-state index contributed by atoms with van der Waals surface area (Å²) in [5, 5.41) is 6.22. The summed E-state index contributed by atoms with van der Waals surface area (Å²) in [4.78, 5) is 27.4. The van der Waals surface area contributed by atoms with Crippen LogP contribution in [0.5, 0.6) is 0 Å². The quantitative estimate of drug-likeness (QED) is 0.820. The Morgan fingerprint density at radius 3 is 2.62 bits per heavy atom. The van der Waals surface area contributed by atoms with Crippen molar-refractivity contribution in [1.29, 1.82) is 0 Å². The van der Waals surface area contributed by atoms with Crippen molar-refractivity contribution < 1.29 is 9.59 Å². The van der Waals surface area contributed by atoms with E-state index in [-0.39, 0.29) is 23.8 Å². The summed E-state index contributed by atoms with van der Waals surface area (Å²) in [7, 11) is 0. The molecule has 1 heterocycles. The fourth-order valence-electron chi connectivity index (χ4n) is 4.53. The molecule has 5 heteroatoms. The van der Waals surface area contributed by atoms with Crippen molar-refractivity contribution in [2.75, 3.05) is 25.0 Å². The highest BCUT2D eigenvalue weighted by atomic mass is 16.2. The Hall–Kier alpha value is -2.66. The third-order valence-electron chi connectivity index (χ3n) is 5.99. The molecule has 5 nitrogen and oxygen atoms in total. The molecule has 4 rings (SSSR count). The molecular formula is C24H29N3O2. The fourth-order valence-corrected chi connectivity index (χ4v) is 4.53. The number of carbonyl (C=O) groups is 2. The zero-order chi connectivity index (χ0) is 20.1. The van der Waals surface area contributed by atoms with Gasteiger partial charge in [0, 0.05) is 12.2 Å². The third-order valence-corrected chi connectivity index (χ3v) is 5.99. The molecule has 0 radical (unpaired) electrons. The number of para-hydroxylation sites is 1. The van der Waals surface area contributed by atoms with E-state index in [0.717, 1.165) is 44.3 Å². The predicted octanol–water partition coefficient (Wildman–Crippen LogP) is 3.53. The molecule has 152 valence electrons. The number of rotatable bonds is 5. The van der Waals surface area contributed by atoms with Gasteiger partial charge < -0.3 is 10.6 Å². The van der Waals surface area contributed by atoms with Crippen LogP contribution < -0.4 is 10.6 Å². The summed E-state index contributed by atoms with van der Waals surface area (Å²) in [5.74, 6) is 0.0190. The summed E-state index contributed by atoms with van der Waals surface area (Å²) in [6, 6.07) is 18.1. The molecule has 0 saturated carbocycles. The van der Waals surface area contributed by atoms with E-state index in [4.69, 9.17) is 0 Å². The second-order valence-electron chi connectivity index (χ2n) is 8.14. The number of anilines is 1. The van der Waals surface area contributed by atoms with E-state index in [1.54, 1.807) is 0 Å². The van der Waals surface area contributed by atoms with E-state index < -0.39 is 0 Å². The van der Waals surface area contributed by atoms with E-state index in [0.29, 0.717) is 13.1 Å². The van der Waals surface area contributed by atoms with Crippen LogP contribution in [0.25, 0.3) is 0 Å². The first-order chi connectivity index (χ1) is 14.2. The molecule has 29 heavy (non-hydrogen) atoms. The highest BCUT2D eigenvalue weighted by Gasteiger charge is 2.28. The van der Waals surface area contributed by atoms with Crippen molar-refractivity contribution in [3.05, 3.63) is 65.7 Å². The van der Waals surface area contributed by atoms with Crippen LogP contribution in [0.4, 0.5) is 5.69 Å². The maximum atomic E-state index is 12.7. The minimum absolute atomic E-state index is 0.0440. The topological polar surface area (TPSA) is 61.4 Å². The lowest BCUT2D eigenvalue weighted by Crippen LogP contribution is -2.46. The summed E-state index contributed by atoms with van der Waals surface area (Å²) < 4.78 is 0. The van der Waals surface area contributed by atoms with Crippen molar-refractivity contribution in [2.45, 2.75) is 38.1 Å². The van der Waals surface area contributed by atoms with Crippen LogP contribution in [-0.4, -0.2) is 36.3 Å². The average Bonchev–Trinajstić information content (AvgIpc) is 2.75. The van der Waals surface area contributed by atoms with Crippen molar-refractivity contribution in [2.24, 2.45) is 5.92 Å². The first-order valence-corrected chi connectivity index (χ1v) is 10.6. The summed E-state index contributed by atoms with van der Waals surface area (Å²) in [5.41, 5.74) is 3.42. The molecule has 2 atom stereocenters. The Kier molecular flexibility index (Phi) is 6.25. The van der Waals surface area contributed by atoms with Gasteiger partial charge in [-0.2, -0.15) is 0 Å². The lowest BCUT2D eigenvalue weighted by molar-refractivity contribution is -0.126. The van der Waals surface area contributed by atoms with Crippen LogP contribution in [0.3, 0.4) is 0 Å². The Morgan fingerprint density at radius 1 is 0.966 bits per heavy atom. The van der Waals surface area contributed by atoms with Crippen molar-refractivity contribution in [3.63, 3.8) is 0 Å². The lowest BCUT2D eigenvalue weighted by Gasteiger charge is -2.32. The normalized spacial score (nSPS) is 21.8. The zero-order valence-electron chi connectivity index (χ0n) is 16.8. The monoisotopic (exact) mass is 391 g/mol. The van der Waals surface area contributed by atoms with Gasteiger partial charge in [-0.05, 0) is 61.9 Å². The molecule has 0 spiro atoms. The highest BCUT2D eigenvalue weighted by Crippen LogP contribution is 2.29. The molecule has 0 unspecified atom stereocenters. The Labute approximate surface area is 172 Å². The SMILES string of the molecule is O=C(CN1CCC[C@@H](C(=O)Nc2ccccc2)C1)N[C@H]1CCCc2ccccc21. The van der Waals surface area contributed by atoms with E-state index >= 15 is 0 Å². The Balaban J connectivity index is 1.30. The largest absolute Gasteiger partial charge is 0.348 e. The van der Waals surface area contributed by atoms with Crippen LogP contribution in [0.15, 0.2) is 54.6 Å². The van der Waals surface area contributed by atoms with E-state index in [1.165, 1.54) is 11.1 Å². The fraction of sp³-hybridized carbons (Fsp3) is 0.417. The molecule has 2 amide bonds. The first-order valence-electron chi connectivity index (χ1n) is 10.6. The number of fused-ring (bicyclic) bond motifs is 1. The number of carbonyl (C=O) groups excluding carboxylic acids is 2. The van der Waals surface area contributed by atoms with Gasteiger partial charge in [0.05, 0.1) is 18.5 Å². The van der Waals surface area contributed by atoms with E-state index in [2.05, 4.69) is 33.7 Å². The van der Waals surface area contributed by atoms with Gasteiger partial charge in [0.1, 0.15) is 0 Å². The average molecular weight is 392 g/mol. The molecular weight excluding hydrogens is 362 g/mol. The second kappa shape index (κ2) is 9.23. The molecule has 0 aromatic heterocycles. The van der Waals surface area contributed by atoms with Gasteiger partial charge in [-0.15, -0.1) is 0 Å². The predicted molar refractivity (Wildman–Crippen MR) is 114 cm³/mol. The number of amides is 2. The smallest absolute Gasteiger partial charge is 0.234 e. The number of piperidine rings is 1. The lowest BCUT2D eigenvalue weighted by atomic mass is 9.88. The summed E-state index contributed by atoms with van der Waals surface area (Å²) in [6.45, 7) is 1.85. The standard InChI is InChI=1S/C24H29N3O2/c28-23(26-22-14-6-9-18-8-4-5-13-21(18)22)17-27-15-7-10-19(16-27)24(29)25-20-11-2-1-3-12-20/h1-5,8,11-13,19,22H,6-7,9-10,14-17H2,(H,25,29)(H,26,28)/t19-,22+/m1/s1. The third kappa shape index (κ3) is 5.04. The van der Waals surface area contributed by atoms with Crippen LogP contribution in [0, 0.1) is 5.92 Å². The van der Waals surface area contributed by atoms with Crippen molar-refractivity contribution in [1.82, 2.24) is 10.2 Å². The van der Waals surface area contributed by atoms with Gasteiger partial charge in [-0.25, -0.2) is 0 Å². The number of benzene rings is 2. The minimum atomic E-state index is -0.0767. The highest BCUT2D eigenvalue weighted by molar-refractivity contribution is 5.92. The van der Waals surface area contributed by atoms with Crippen LogP contribution in [0.2, 0.25) is 0 Å². The molecule has 2 N–H and O–H groups in total. The Morgan fingerprint density at radius 2 is 1.76 bits per heavy atom. The molecule has 2 aromatic rings. The van der Waals surface area contributed by atoms with Gasteiger partial charge in [-0.3, -0.25) is 14.5 Å². The molecule has 0 bridgehead atoms. The van der Waals surface area contributed by atoms with Gasteiger partial charge in [-0.1, -0.05) is 42.5 Å². The maximum absolute atomic E-state index is 12.7. The number of nitrogens with zero attached hydrogens (tertiary/aromatic N) is 1. The molecule has 1 saturated heterocycles. The van der Waals surface area contributed by atoms with Gasteiger partial charge in [0.25, 0.3) is 0 Å². The first kappa shape index (κ1) is 19.6. The summed E-state index contributed by atoms with van der Waals surface area (Å²) >= 11 is 0. The number of nitrogens with one attached hydrogen (secondary N) is 2. The zero-order valence-corrected chi connectivity index (χ0v) is 16.8. The number of hydrogen-bond donors (Lipinski definition) is 2. The molecule has 1 aliphatic carbocycles. The number of aryl methyl sites for hydroxylation is 1. The molecule has 1 fully saturated rings. The minimum Gasteiger partial charge on any atom is -0.348 e. The molecule has 1 aliphatic heterocycles. The summed E-state index contributed by atoms with van der Waals surface area (Å²) in [6.07, 6.45) is 4.99. The second-order valence-corrected chi connectivity index (χ2v) is 8.14. The number of hydrogen-bond acceptors (Lipinski definition) is 3. The maximum Gasteiger partial charge on any atom is 0.234 e. The van der Waals surface area contributed by atoms with Gasteiger partial charge >= 0.3 is 0 Å². The molecule has 2 aromatic carbocycles. The van der Waals surface area contributed by atoms with Crippen LogP contribution in [0.1, 0.15) is 42.9 Å². The number of likely N-dealkylation sites (tertiary alicyclic amines) is 1.